The standard InChI is InChI=1S/C11H19N3O4/c1-2-14(6-7-3-4-7)11(18)13-8(10(16)17)5-9(12)15/h7-8H,2-6H2,1H3,(H2,12,15)(H,13,18)(H,16,17). The molecule has 0 heterocycles. The van der Waals surface area contributed by atoms with Gasteiger partial charge in [0.25, 0.3) is 0 Å². The van der Waals surface area contributed by atoms with E-state index in [2.05, 4.69) is 5.32 Å². The second-order valence-electron chi connectivity index (χ2n) is 4.49. The van der Waals surface area contributed by atoms with Gasteiger partial charge >= 0.3 is 12.0 Å². The van der Waals surface area contributed by atoms with E-state index in [-0.39, 0.29) is 0 Å². The second kappa shape index (κ2) is 6.23. The molecular formula is C11H19N3O4. The maximum atomic E-state index is 11.8. The molecule has 0 saturated heterocycles. The number of nitrogens with two attached hydrogens (primary N) is 1. The van der Waals surface area contributed by atoms with Gasteiger partial charge in [-0.05, 0) is 25.7 Å². The fourth-order valence-electron chi connectivity index (χ4n) is 1.61. The van der Waals surface area contributed by atoms with Crippen molar-refractivity contribution in [3.05, 3.63) is 0 Å². The lowest BCUT2D eigenvalue weighted by Crippen LogP contribution is -2.49. The lowest BCUT2D eigenvalue weighted by molar-refractivity contribution is -0.140. The Hall–Kier alpha value is -1.79. The predicted molar refractivity (Wildman–Crippen MR) is 63.7 cm³/mol. The smallest absolute Gasteiger partial charge is 0.326 e. The average molecular weight is 257 g/mol. The van der Waals surface area contributed by atoms with Crippen LogP contribution in [0.25, 0.3) is 0 Å². The van der Waals surface area contributed by atoms with E-state index >= 15 is 0 Å². The van der Waals surface area contributed by atoms with Gasteiger partial charge in [-0.15, -0.1) is 0 Å². The molecule has 7 nitrogen and oxygen atoms in total. The third-order valence-corrected chi connectivity index (χ3v) is 2.85. The molecule has 7 heteroatoms. The van der Waals surface area contributed by atoms with E-state index in [1.165, 1.54) is 0 Å². The fourth-order valence-corrected chi connectivity index (χ4v) is 1.61. The number of primary amides is 1. The lowest BCUT2D eigenvalue weighted by Gasteiger charge is -2.23. The van der Waals surface area contributed by atoms with Gasteiger partial charge < -0.3 is 21.1 Å². The number of aliphatic carboxylic acids is 1. The maximum absolute atomic E-state index is 11.8. The van der Waals surface area contributed by atoms with Gasteiger partial charge in [0.15, 0.2) is 0 Å². The summed E-state index contributed by atoms with van der Waals surface area (Å²) >= 11 is 0. The molecular weight excluding hydrogens is 238 g/mol. The van der Waals surface area contributed by atoms with E-state index in [1.54, 1.807) is 4.90 Å². The number of hydrogen-bond acceptors (Lipinski definition) is 3. The molecule has 1 unspecified atom stereocenters. The topological polar surface area (TPSA) is 113 Å². The van der Waals surface area contributed by atoms with Gasteiger partial charge in [0.1, 0.15) is 6.04 Å². The first-order valence-corrected chi connectivity index (χ1v) is 6.00. The Morgan fingerprint density at radius 2 is 2.06 bits per heavy atom. The highest BCUT2D eigenvalue weighted by molar-refractivity contribution is 5.87. The van der Waals surface area contributed by atoms with Crippen molar-refractivity contribution in [2.24, 2.45) is 11.7 Å². The molecule has 18 heavy (non-hydrogen) atoms. The molecule has 0 bridgehead atoms. The predicted octanol–water partition coefficient (Wildman–Crippen LogP) is -0.243. The number of amides is 3. The Morgan fingerprint density at radius 1 is 1.44 bits per heavy atom. The molecule has 0 aromatic rings. The van der Waals surface area contributed by atoms with Crippen LogP contribution < -0.4 is 11.1 Å². The summed E-state index contributed by atoms with van der Waals surface area (Å²) in [6, 6.07) is -1.72. The molecule has 1 saturated carbocycles. The molecule has 3 amide bonds. The van der Waals surface area contributed by atoms with Crippen LogP contribution in [0.5, 0.6) is 0 Å². The Morgan fingerprint density at radius 3 is 2.44 bits per heavy atom. The number of nitrogens with one attached hydrogen (secondary N) is 1. The minimum Gasteiger partial charge on any atom is -0.480 e. The van der Waals surface area contributed by atoms with E-state index in [0.29, 0.717) is 19.0 Å². The van der Waals surface area contributed by atoms with Crippen LogP contribution in [-0.2, 0) is 9.59 Å². The minimum absolute atomic E-state index is 0.401. The van der Waals surface area contributed by atoms with E-state index in [4.69, 9.17) is 10.8 Å². The number of hydrogen-bond donors (Lipinski definition) is 3. The first-order valence-electron chi connectivity index (χ1n) is 6.00. The van der Waals surface area contributed by atoms with Gasteiger partial charge in [-0.25, -0.2) is 9.59 Å². The van der Waals surface area contributed by atoms with Crippen LogP contribution in [-0.4, -0.2) is 47.0 Å². The summed E-state index contributed by atoms with van der Waals surface area (Å²) in [5.74, 6) is -1.49. The molecule has 1 aliphatic rings. The van der Waals surface area contributed by atoms with Crippen LogP contribution in [0.15, 0.2) is 0 Å². The van der Waals surface area contributed by atoms with Crippen LogP contribution in [0.3, 0.4) is 0 Å². The van der Waals surface area contributed by atoms with Gasteiger partial charge in [-0.3, -0.25) is 4.79 Å². The first kappa shape index (κ1) is 14.3. The number of urea groups is 1. The van der Waals surface area contributed by atoms with Crippen LogP contribution in [0.2, 0.25) is 0 Å². The molecule has 0 spiro atoms. The Kier molecular flexibility index (Phi) is 4.94. The van der Waals surface area contributed by atoms with Crippen molar-refractivity contribution in [3.63, 3.8) is 0 Å². The van der Waals surface area contributed by atoms with Gasteiger partial charge in [0, 0.05) is 13.1 Å². The number of nitrogens with zero attached hydrogens (tertiary/aromatic N) is 1. The number of carboxylic acid groups (broad SMARTS) is 1. The van der Waals surface area contributed by atoms with Crippen molar-refractivity contribution >= 4 is 17.9 Å². The van der Waals surface area contributed by atoms with Crippen molar-refractivity contribution in [2.75, 3.05) is 13.1 Å². The largest absolute Gasteiger partial charge is 0.480 e. The van der Waals surface area contributed by atoms with Gasteiger partial charge in [-0.1, -0.05) is 0 Å². The summed E-state index contributed by atoms with van der Waals surface area (Å²) in [5, 5.41) is 11.2. The average Bonchev–Trinajstić information content (AvgIpc) is 3.07. The van der Waals surface area contributed by atoms with Crippen molar-refractivity contribution in [2.45, 2.75) is 32.2 Å². The number of rotatable bonds is 7. The van der Waals surface area contributed by atoms with E-state index in [9.17, 15) is 14.4 Å². The first-order chi connectivity index (χ1) is 8.43. The Bertz CT molecular complexity index is 341. The van der Waals surface area contributed by atoms with Crippen molar-refractivity contribution in [1.29, 1.82) is 0 Å². The summed E-state index contributed by atoms with van der Waals surface area (Å²) in [5.41, 5.74) is 4.94. The third kappa shape index (κ3) is 4.60. The molecule has 4 N–H and O–H groups in total. The van der Waals surface area contributed by atoms with Crippen LogP contribution in [0.1, 0.15) is 26.2 Å². The Balaban J connectivity index is 2.51. The van der Waals surface area contributed by atoms with Crippen LogP contribution >= 0.6 is 0 Å². The van der Waals surface area contributed by atoms with Crippen molar-refractivity contribution < 1.29 is 19.5 Å². The lowest BCUT2D eigenvalue weighted by atomic mass is 10.2. The summed E-state index contributed by atoms with van der Waals surface area (Å²) in [7, 11) is 0. The SMILES string of the molecule is CCN(CC1CC1)C(=O)NC(CC(N)=O)C(=O)O. The molecule has 0 radical (unpaired) electrons. The molecule has 1 atom stereocenters. The minimum atomic E-state index is -1.26. The monoisotopic (exact) mass is 257 g/mol. The van der Waals surface area contributed by atoms with Gasteiger partial charge in [-0.2, -0.15) is 0 Å². The highest BCUT2D eigenvalue weighted by atomic mass is 16.4. The quantitative estimate of drug-likeness (QED) is 0.584. The summed E-state index contributed by atoms with van der Waals surface area (Å²) in [4.78, 5) is 35.0. The normalized spacial score (nSPS) is 15.8. The number of carbonyl (C=O) groups is 3. The highest BCUT2D eigenvalue weighted by Crippen LogP contribution is 2.29. The maximum Gasteiger partial charge on any atom is 0.326 e. The molecule has 102 valence electrons. The van der Waals surface area contributed by atoms with Gasteiger partial charge in [0.05, 0.1) is 6.42 Å². The molecule has 0 aliphatic heterocycles. The van der Waals surface area contributed by atoms with Crippen molar-refractivity contribution in [3.8, 4) is 0 Å². The molecule has 0 aromatic heterocycles. The zero-order valence-corrected chi connectivity index (χ0v) is 10.4. The Labute approximate surface area is 105 Å². The molecule has 0 aromatic carbocycles. The zero-order chi connectivity index (χ0) is 13.7. The second-order valence-corrected chi connectivity index (χ2v) is 4.49. The molecule has 1 aliphatic carbocycles. The van der Waals surface area contributed by atoms with E-state index < -0.39 is 30.4 Å². The zero-order valence-electron chi connectivity index (χ0n) is 10.4. The van der Waals surface area contributed by atoms with E-state index in [1.807, 2.05) is 6.92 Å². The summed E-state index contributed by atoms with van der Waals surface area (Å²) in [6.45, 7) is 2.96. The van der Waals surface area contributed by atoms with Crippen molar-refractivity contribution in [1.82, 2.24) is 10.2 Å². The van der Waals surface area contributed by atoms with E-state index in [0.717, 1.165) is 12.8 Å². The third-order valence-electron chi connectivity index (χ3n) is 2.85. The number of carbonyl (C=O) groups excluding carboxylic acids is 2. The fraction of sp³-hybridized carbons (Fsp3) is 0.727. The van der Waals surface area contributed by atoms with Crippen LogP contribution in [0, 0.1) is 5.92 Å². The van der Waals surface area contributed by atoms with Crippen LogP contribution in [0.4, 0.5) is 4.79 Å². The molecule has 1 fully saturated rings. The summed E-state index contributed by atoms with van der Waals surface area (Å²) < 4.78 is 0. The summed E-state index contributed by atoms with van der Waals surface area (Å²) in [6.07, 6.45) is 1.81. The van der Waals surface area contributed by atoms with Gasteiger partial charge in [0.2, 0.25) is 5.91 Å². The highest BCUT2D eigenvalue weighted by Gasteiger charge is 2.28. The number of carboxylic acids is 1. The molecule has 1 rings (SSSR count).